The summed E-state index contributed by atoms with van der Waals surface area (Å²) in [6.45, 7) is 7.54. The van der Waals surface area contributed by atoms with Crippen molar-refractivity contribution in [1.82, 2.24) is 9.97 Å². The van der Waals surface area contributed by atoms with E-state index in [2.05, 4.69) is 23.8 Å². The molecule has 1 heterocycles. The van der Waals surface area contributed by atoms with Crippen LogP contribution >= 0.6 is 0 Å². The SMILES string of the molecule is CCOCc1nc(N)cc(OC2CCC(C)C(C)C2)n1. The van der Waals surface area contributed by atoms with Crippen LogP contribution in [0, 0.1) is 11.8 Å². The molecule has 3 atom stereocenters. The van der Waals surface area contributed by atoms with E-state index in [4.69, 9.17) is 15.2 Å². The molecule has 1 aromatic heterocycles. The standard InChI is InChI=1S/C15H25N3O2/c1-4-19-9-14-17-13(16)8-15(18-14)20-12-6-5-10(2)11(3)7-12/h8,10-12H,4-7,9H2,1-3H3,(H2,16,17,18). The third-order valence-corrected chi connectivity index (χ3v) is 4.04. The van der Waals surface area contributed by atoms with E-state index in [1.54, 1.807) is 6.07 Å². The second-order valence-electron chi connectivity index (χ2n) is 5.69. The zero-order valence-electron chi connectivity index (χ0n) is 12.6. The summed E-state index contributed by atoms with van der Waals surface area (Å²) < 4.78 is 11.3. The second-order valence-corrected chi connectivity index (χ2v) is 5.69. The van der Waals surface area contributed by atoms with Gasteiger partial charge in [0.2, 0.25) is 5.88 Å². The molecule has 1 aromatic rings. The first-order valence-electron chi connectivity index (χ1n) is 7.46. The summed E-state index contributed by atoms with van der Waals surface area (Å²) in [7, 11) is 0. The van der Waals surface area contributed by atoms with Crippen molar-refractivity contribution in [2.45, 2.75) is 52.7 Å². The minimum Gasteiger partial charge on any atom is -0.474 e. The lowest BCUT2D eigenvalue weighted by molar-refractivity contribution is 0.0939. The monoisotopic (exact) mass is 279 g/mol. The molecule has 0 saturated heterocycles. The van der Waals surface area contributed by atoms with E-state index in [9.17, 15) is 0 Å². The number of nitrogens with two attached hydrogens (primary N) is 1. The molecule has 1 fully saturated rings. The summed E-state index contributed by atoms with van der Waals surface area (Å²) in [5, 5.41) is 0. The molecule has 112 valence electrons. The fourth-order valence-corrected chi connectivity index (χ4v) is 2.59. The maximum Gasteiger partial charge on any atom is 0.219 e. The molecule has 0 aliphatic heterocycles. The normalized spacial score (nSPS) is 26.4. The zero-order chi connectivity index (χ0) is 14.5. The molecule has 5 nitrogen and oxygen atoms in total. The molecule has 2 N–H and O–H groups in total. The van der Waals surface area contributed by atoms with Gasteiger partial charge in [0.15, 0.2) is 5.82 Å². The number of hydrogen-bond acceptors (Lipinski definition) is 5. The van der Waals surface area contributed by atoms with E-state index >= 15 is 0 Å². The Labute approximate surface area is 120 Å². The molecule has 20 heavy (non-hydrogen) atoms. The zero-order valence-corrected chi connectivity index (χ0v) is 12.6. The smallest absolute Gasteiger partial charge is 0.219 e. The number of hydrogen-bond donors (Lipinski definition) is 1. The van der Waals surface area contributed by atoms with Gasteiger partial charge in [-0.15, -0.1) is 0 Å². The average molecular weight is 279 g/mol. The average Bonchev–Trinajstić information content (AvgIpc) is 2.40. The van der Waals surface area contributed by atoms with Crippen molar-refractivity contribution >= 4 is 5.82 Å². The molecule has 0 aromatic carbocycles. The highest BCUT2D eigenvalue weighted by molar-refractivity contribution is 5.32. The Hall–Kier alpha value is -1.36. The van der Waals surface area contributed by atoms with Crippen LogP contribution in [-0.4, -0.2) is 22.7 Å². The molecule has 0 amide bonds. The molecular weight excluding hydrogens is 254 g/mol. The highest BCUT2D eigenvalue weighted by atomic mass is 16.5. The lowest BCUT2D eigenvalue weighted by Crippen LogP contribution is -2.29. The van der Waals surface area contributed by atoms with Crippen LogP contribution in [0.4, 0.5) is 5.82 Å². The fraction of sp³-hybridized carbons (Fsp3) is 0.733. The molecule has 1 saturated carbocycles. The highest BCUT2D eigenvalue weighted by Gasteiger charge is 2.26. The van der Waals surface area contributed by atoms with Crippen LogP contribution in [0.2, 0.25) is 0 Å². The van der Waals surface area contributed by atoms with E-state index in [1.807, 2.05) is 6.92 Å². The van der Waals surface area contributed by atoms with Gasteiger partial charge in [-0.05, 0) is 38.0 Å². The van der Waals surface area contributed by atoms with Gasteiger partial charge in [0, 0.05) is 12.7 Å². The number of rotatable bonds is 5. The predicted octanol–water partition coefficient (Wildman–Crippen LogP) is 2.80. The van der Waals surface area contributed by atoms with Gasteiger partial charge >= 0.3 is 0 Å². The first kappa shape index (κ1) is 15.0. The van der Waals surface area contributed by atoms with E-state index in [0.717, 1.165) is 18.8 Å². The first-order chi connectivity index (χ1) is 9.58. The maximum absolute atomic E-state index is 5.99. The van der Waals surface area contributed by atoms with Gasteiger partial charge in [0.25, 0.3) is 0 Å². The third-order valence-electron chi connectivity index (χ3n) is 4.04. The lowest BCUT2D eigenvalue weighted by Gasteiger charge is -2.31. The summed E-state index contributed by atoms with van der Waals surface area (Å²) in [6, 6.07) is 1.69. The minimum atomic E-state index is 0.232. The van der Waals surface area contributed by atoms with E-state index < -0.39 is 0 Å². The van der Waals surface area contributed by atoms with Crippen molar-refractivity contribution in [3.05, 3.63) is 11.9 Å². The Morgan fingerprint density at radius 2 is 2.05 bits per heavy atom. The quantitative estimate of drug-likeness (QED) is 0.897. The Morgan fingerprint density at radius 1 is 1.25 bits per heavy atom. The van der Waals surface area contributed by atoms with Crippen molar-refractivity contribution in [2.24, 2.45) is 11.8 Å². The number of aromatic nitrogens is 2. The van der Waals surface area contributed by atoms with E-state index in [1.165, 1.54) is 6.42 Å². The summed E-state index contributed by atoms with van der Waals surface area (Å²) in [5.41, 5.74) is 5.80. The number of anilines is 1. The van der Waals surface area contributed by atoms with Gasteiger partial charge < -0.3 is 15.2 Å². The van der Waals surface area contributed by atoms with Crippen molar-refractivity contribution in [3.63, 3.8) is 0 Å². The van der Waals surface area contributed by atoms with E-state index in [-0.39, 0.29) is 6.10 Å². The summed E-state index contributed by atoms with van der Waals surface area (Å²) in [4.78, 5) is 8.52. The molecule has 0 bridgehead atoms. The highest BCUT2D eigenvalue weighted by Crippen LogP contribution is 2.31. The molecule has 5 heteroatoms. The van der Waals surface area contributed by atoms with Crippen molar-refractivity contribution < 1.29 is 9.47 Å². The first-order valence-corrected chi connectivity index (χ1v) is 7.46. The molecule has 1 aliphatic carbocycles. The summed E-state index contributed by atoms with van der Waals surface area (Å²) >= 11 is 0. The Morgan fingerprint density at radius 3 is 2.75 bits per heavy atom. The Balaban J connectivity index is 1.99. The van der Waals surface area contributed by atoms with Crippen molar-refractivity contribution in [1.29, 1.82) is 0 Å². The Kier molecular flexibility index (Phi) is 5.17. The Bertz CT molecular complexity index is 439. The van der Waals surface area contributed by atoms with Crippen molar-refractivity contribution in [2.75, 3.05) is 12.3 Å². The number of ether oxygens (including phenoxy) is 2. The summed E-state index contributed by atoms with van der Waals surface area (Å²) in [6.07, 6.45) is 3.59. The van der Waals surface area contributed by atoms with E-state index in [0.29, 0.717) is 36.7 Å². The fourth-order valence-electron chi connectivity index (χ4n) is 2.59. The van der Waals surface area contributed by atoms with Crippen LogP contribution in [0.1, 0.15) is 45.9 Å². The predicted molar refractivity (Wildman–Crippen MR) is 78.4 cm³/mol. The van der Waals surface area contributed by atoms with Crippen LogP contribution < -0.4 is 10.5 Å². The molecule has 0 radical (unpaired) electrons. The molecular formula is C15H25N3O2. The lowest BCUT2D eigenvalue weighted by atomic mass is 9.80. The molecule has 3 unspecified atom stereocenters. The maximum atomic E-state index is 5.99. The van der Waals surface area contributed by atoms with Crippen LogP contribution in [0.15, 0.2) is 6.07 Å². The third kappa shape index (κ3) is 4.07. The van der Waals surface area contributed by atoms with Gasteiger partial charge in [0.05, 0.1) is 0 Å². The molecule has 2 rings (SSSR count). The summed E-state index contributed by atoms with van der Waals surface area (Å²) in [5.74, 6) is 3.05. The van der Waals surface area contributed by atoms with Crippen LogP contribution in [0.25, 0.3) is 0 Å². The van der Waals surface area contributed by atoms with Gasteiger partial charge in [-0.2, -0.15) is 4.98 Å². The molecule has 1 aliphatic rings. The van der Waals surface area contributed by atoms with Crippen LogP contribution in [0.5, 0.6) is 5.88 Å². The number of nitrogen functional groups attached to an aromatic ring is 1. The topological polar surface area (TPSA) is 70.3 Å². The minimum absolute atomic E-state index is 0.232. The molecule has 0 spiro atoms. The van der Waals surface area contributed by atoms with Crippen LogP contribution in [-0.2, 0) is 11.3 Å². The largest absolute Gasteiger partial charge is 0.474 e. The van der Waals surface area contributed by atoms with Crippen molar-refractivity contribution in [3.8, 4) is 5.88 Å². The van der Waals surface area contributed by atoms with Gasteiger partial charge in [-0.1, -0.05) is 13.8 Å². The van der Waals surface area contributed by atoms with Gasteiger partial charge in [-0.25, -0.2) is 4.98 Å². The van der Waals surface area contributed by atoms with Gasteiger partial charge in [0.1, 0.15) is 18.5 Å². The number of nitrogens with zero attached hydrogens (tertiary/aromatic N) is 2. The van der Waals surface area contributed by atoms with Crippen LogP contribution in [0.3, 0.4) is 0 Å². The van der Waals surface area contributed by atoms with Gasteiger partial charge in [-0.3, -0.25) is 0 Å². The second kappa shape index (κ2) is 6.88.